The number of hydrogen-bond acceptors (Lipinski definition) is 3. The predicted molar refractivity (Wildman–Crippen MR) is 72.7 cm³/mol. The first-order valence-corrected chi connectivity index (χ1v) is 6.70. The summed E-state index contributed by atoms with van der Waals surface area (Å²) in [6.07, 6.45) is 0.921. The summed E-state index contributed by atoms with van der Waals surface area (Å²) in [5.41, 5.74) is 8.14. The molecule has 0 aliphatic heterocycles. The molecule has 0 saturated heterocycles. The Balaban J connectivity index is 2.45. The van der Waals surface area contributed by atoms with E-state index in [1.54, 1.807) is 24.5 Å². The minimum Gasteiger partial charge on any atom is -0.496 e. The maximum absolute atomic E-state index is 13.4. The fraction of sp³-hybridized carbons (Fsp3) is 0.286. The zero-order valence-corrected chi connectivity index (χ0v) is 11.3. The van der Waals surface area contributed by atoms with Gasteiger partial charge in [-0.25, -0.2) is 4.39 Å². The first-order valence-electron chi connectivity index (χ1n) is 5.82. The quantitative estimate of drug-likeness (QED) is 0.918. The maximum atomic E-state index is 13.4. The van der Waals surface area contributed by atoms with Gasteiger partial charge in [0.05, 0.1) is 13.2 Å². The third-order valence-electron chi connectivity index (χ3n) is 2.97. The Morgan fingerprint density at radius 1 is 1.39 bits per heavy atom. The van der Waals surface area contributed by atoms with E-state index in [9.17, 15) is 4.39 Å². The highest BCUT2D eigenvalue weighted by atomic mass is 32.1. The zero-order chi connectivity index (χ0) is 13.1. The van der Waals surface area contributed by atoms with E-state index in [-0.39, 0.29) is 11.9 Å². The molecule has 0 saturated carbocycles. The van der Waals surface area contributed by atoms with Gasteiger partial charge in [0.2, 0.25) is 0 Å². The third kappa shape index (κ3) is 2.40. The van der Waals surface area contributed by atoms with Gasteiger partial charge in [-0.05, 0) is 41.6 Å². The second kappa shape index (κ2) is 5.50. The van der Waals surface area contributed by atoms with Crippen molar-refractivity contribution >= 4 is 11.3 Å². The highest BCUT2D eigenvalue weighted by molar-refractivity contribution is 7.10. The number of methoxy groups -OCH3 is 1. The van der Waals surface area contributed by atoms with Gasteiger partial charge in [0.1, 0.15) is 11.6 Å². The molecule has 1 aromatic carbocycles. The molecule has 1 unspecified atom stereocenters. The van der Waals surface area contributed by atoms with Gasteiger partial charge in [0, 0.05) is 10.4 Å². The summed E-state index contributed by atoms with van der Waals surface area (Å²) >= 11 is 1.60. The van der Waals surface area contributed by atoms with Crippen molar-refractivity contribution in [3.8, 4) is 5.75 Å². The maximum Gasteiger partial charge on any atom is 0.124 e. The van der Waals surface area contributed by atoms with Crippen molar-refractivity contribution in [1.82, 2.24) is 0 Å². The number of benzene rings is 1. The third-order valence-corrected chi connectivity index (χ3v) is 4.01. The molecule has 1 atom stereocenters. The Morgan fingerprint density at radius 3 is 2.83 bits per heavy atom. The number of nitrogens with two attached hydrogens (primary N) is 1. The molecule has 0 amide bonds. The summed E-state index contributed by atoms with van der Waals surface area (Å²) in [5, 5.41) is 2.01. The van der Waals surface area contributed by atoms with Crippen LogP contribution in [0.3, 0.4) is 0 Å². The number of halogens is 1. The average molecular weight is 265 g/mol. The normalized spacial score (nSPS) is 12.4. The predicted octanol–water partition coefficient (Wildman–Crippen LogP) is 3.51. The number of ether oxygens (including phenoxy) is 1. The van der Waals surface area contributed by atoms with Crippen LogP contribution in [0.1, 0.15) is 29.0 Å². The summed E-state index contributed by atoms with van der Waals surface area (Å²) in [6.45, 7) is 2.08. The molecule has 0 fully saturated rings. The Bertz CT molecular complexity index is 538. The van der Waals surface area contributed by atoms with Gasteiger partial charge in [-0.3, -0.25) is 0 Å². The second-order valence-electron chi connectivity index (χ2n) is 4.03. The highest BCUT2D eigenvalue weighted by Gasteiger charge is 2.18. The standard InChI is InChI=1S/C14H16FNOS/c1-3-9-6-7-18-14(9)13(16)11-8-10(15)4-5-12(11)17-2/h4-8,13H,3,16H2,1-2H3. The van der Waals surface area contributed by atoms with Gasteiger partial charge in [0.25, 0.3) is 0 Å². The lowest BCUT2D eigenvalue weighted by Gasteiger charge is -2.16. The van der Waals surface area contributed by atoms with Gasteiger partial charge in [-0.1, -0.05) is 6.92 Å². The van der Waals surface area contributed by atoms with Crippen molar-refractivity contribution in [3.05, 3.63) is 51.5 Å². The molecule has 0 radical (unpaired) electrons. The van der Waals surface area contributed by atoms with Crippen molar-refractivity contribution in [1.29, 1.82) is 0 Å². The van der Waals surface area contributed by atoms with E-state index in [0.717, 1.165) is 11.3 Å². The lowest BCUT2D eigenvalue weighted by Crippen LogP contribution is -2.13. The molecule has 0 bridgehead atoms. The summed E-state index contributed by atoms with van der Waals surface area (Å²) in [5.74, 6) is 0.329. The molecule has 2 nitrogen and oxygen atoms in total. The Kier molecular flexibility index (Phi) is 3.99. The van der Waals surface area contributed by atoms with Gasteiger partial charge in [-0.15, -0.1) is 11.3 Å². The van der Waals surface area contributed by atoms with Crippen molar-refractivity contribution in [2.75, 3.05) is 7.11 Å². The van der Waals surface area contributed by atoms with E-state index >= 15 is 0 Å². The average Bonchev–Trinajstić information content (AvgIpc) is 2.86. The molecule has 4 heteroatoms. The molecule has 18 heavy (non-hydrogen) atoms. The molecular weight excluding hydrogens is 249 g/mol. The van der Waals surface area contributed by atoms with E-state index in [1.165, 1.54) is 17.7 Å². The fourth-order valence-corrected chi connectivity index (χ4v) is 3.02. The lowest BCUT2D eigenvalue weighted by atomic mass is 10.0. The van der Waals surface area contributed by atoms with Crippen molar-refractivity contribution in [2.24, 2.45) is 5.73 Å². The molecule has 2 N–H and O–H groups in total. The SMILES string of the molecule is CCc1ccsc1C(N)c1cc(F)ccc1OC. The smallest absolute Gasteiger partial charge is 0.124 e. The number of rotatable bonds is 4. The van der Waals surface area contributed by atoms with Crippen LogP contribution in [0.25, 0.3) is 0 Å². The molecule has 0 aliphatic rings. The molecule has 2 aromatic rings. The van der Waals surface area contributed by atoms with Crippen molar-refractivity contribution in [2.45, 2.75) is 19.4 Å². The summed E-state index contributed by atoms with van der Waals surface area (Å²) in [4.78, 5) is 1.07. The van der Waals surface area contributed by atoms with Crippen LogP contribution in [0.4, 0.5) is 4.39 Å². The minimum absolute atomic E-state index is 0.296. The van der Waals surface area contributed by atoms with E-state index in [2.05, 4.69) is 13.0 Å². The highest BCUT2D eigenvalue weighted by Crippen LogP contribution is 2.33. The van der Waals surface area contributed by atoms with E-state index in [4.69, 9.17) is 10.5 Å². The molecule has 0 aliphatic carbocycles. The van der Waals surface area contributed by atoms with Crippen LogP contribution in [-0.2, 0) is 6.42 Å². The lowest BCUT2D eigenvalue weighted by molar-refractivity contribution is 0.406. The number of aryl methyl sites for hydroxylation is 1. The van der Waals surface area contributed by atoms with Gasteiger partial charge in [-0.2, -0.15) is 0 Å². The van der Waals surface area contributed by atoms with Crippen LogP contribution in [0.15, 0.2) is 29.6 Å². The van der Waals surface area contributed by atoms with Crippen LogP contribution in [0.5, 0.6) is 5.75 Å². The van der Waals surface area contributed by atoms with E-state index < -0.39 is 0 Å². The fourth-order valence-electron chi connectivity index (χ4n) is 2.00. The van der Waals surface area contributed by atoms with Crippen molar-refractivity contribution in [3.63, 3.8) is 0 Å². The van der Waals surface area contributed by atoms with Crippen LogP contribution in [-0.4, -0.2) is 7.11 Å². The van der Waals surface area contributed by atoms with Crippen molar-refractivity contribution < 1.29 is 9.13 Å². The van der Waals surface area contributed by atoms with E-state index in [1.807, 2.05) is 5.38 Å². The minimum atomic E-state index is -0.342. The van der Waals surface area contributed by atoms with E-state index in [0.29, 0.717) is 11.3 Å². The second-order valence-corrected chi connectivity index (χ2v) is 4.98. The largest absolute Gasteiger partial charge is 0.496 e. The van der Waals surface area contributed by atoms with Crippen LogP contribution < -0.4 is 10.5 Å². The Hall–Kier alpha value is -1.39. The zero-order valence-electron chi connectivity index (χ0n) is 10.4. The molecule has 1 heterocycles. The molecule has 2 rings (SSSR count). The van der Waals surface area contributed by atoms with Gasteiger partial charge >= 0.3 is 0 Å². The van der Waals surface area contributed by atoms with Crippen LogP contribution in [0.2, 0.25) is 0 Å². The molecular formula is C14H16FNOS. The summed E-state index contributed by atoms with van der Waals surface area (Å²) in [7, 11) is 1.57. The topological polar surface area (TPSA) is 35.2 Å². The number of hydrogen-bond donors (Lipinski definition) is 1. The Morgan fingerprint density at radius 2 is 2.17 bits per heavy atom. The first-order chi connectivity index (χ1) is 8.67. The summed E-state index contributed by atoms with van der Waals surface area (Å²) in [6, 6.07) is 6.16. The van der Waals surface area contributed by atoms with Crippen LogP contribution >= 0.6 is 11.3 Å². The van der Waals surface area contributed by atoms with Crippen LogP contribution in [0, 0.1) is 5.82 Å². The Labute approximate surface area is 110 Å². The van der Waals surface area contributed by atoms with Gasteiger partial charge in [0.15, 0.2) is 0 Å². The molecule has 96 valence electrons. The molecule has 0 spiro atoms. The number of thiophene rings is 1. The molecule has 1 aromatic heterocycles. The first kappa shape index (κ1) is 13.1. The van der Waals surface area contributed by atoms with Gasteiger partial charge < -0.3 is 10.5 Å². The summed E-state index contributed by atoms with van der Waals surface area (Å²) < 4.78 is 18.6. The monoisotopic (exact) mass is 265 g/mol.